The summed E-state index contributed by atoms with van der Waals surface area (Å²) in [6, 6.07) is 12.1. The van der Waals surface area contributed by atoms with Crippen LogP contribution in [0.15, 0.2) is 53.4 Å². The zero-order valence-corrected chi connectivity index (χ0v) is 20.2. The third-order valence-electron chi connectivity index (χ3n) is 4.67. The zero-order chi connectivity index (χ0) is 25.1. The van der Waals surface area contributed by atoms with E-state index in [1.807, 2.05) is 6.92 Å². The fourth-order valence-corrected chi connectivity index (χ4v) is 4.40. The largest absolute Gasteiger partial charge is 0.494 e. The van der Waals surface area contributed by atoms with Crippen molar-refractivity contribution in [3.8, 4) is 5.75 Å². The number of carbonyl (C=O) groups excluding carboxylic acids is 3. The Kier molecular flexibility index (Phi) is 10.0. The minimum atomic E-state index is -3.60. The first-order chi connectivity index (χ1) is 16.2. The Balaban J connectivity index is 1.79. The summed E-state index contributed by atoms with van der Waals surface area (Å²) in [5.41, 5.74) is 0.698. The van der Waals surface area contributed by atoms with E-state index in [-0.39, 0.29) is 4.90 Å². The normalized spacial score (nSPS) is 11.1. The van der Waals surface area contributed by atoms with E-state index in [2.05, 4.69) is 10.6 Å². The van der Waals surface area contributed by atoms with E-state index in [4.69, 9.17) is 9.47 Å². The van der Waals surface area contributed by atoms with Gasteiger partial charge in [0.15, 0.2) is 6.61 Å². The maximum Gasteiger partial charge on any atom is 0.325 e. The van der Waals surface area contributed by atoms with Gasteiger partial charge in [-0.2, -0.15) is 4.31 Å². The van der Waals surface area contributed by atoms with Crippen molar-refractivity contribution in [2.45, 2.75) is 25.7 Å². The van der Waals surface area contributed by atoms with Crippen LogP contribution in [0.25, 0.3) is 0 Å². The molecule has 0 radical (unpaired) electrons. The summed E-state index contributed by atoms with van der Waals surface area (Å²) in [6.07, 6.45) is 0. The lowest BCUT2D eigenvalue weighted by Gasteiger charge is -2.18. The van der Waals surface area contributed by atoms with Crippen LogP contribution in [0.5, 0.6) is 5.75 Å². The van der Waals surface area contributed by atoms with Gasteiger partial charge in [-0.3, -0.25) is 14.4 Å². The second-order valence-corrected chi connectivity index (χ2v) is 8.90. The molecule has 0 aromatic heterocycles. The van der Waals surface area contributed by atoms with Crippen molar-refractivity contribution < 1.29 is 32.3 Å². The number of amides is 2. The molecule has 2 aromatic rings. The standard InChI is InChI=1S/C23H29N3O7S/c1-4-26(5-2)34(30,31)20-13-9-18(10-14-20)25-21(27)16-33-22(28)15-24-23(29)17-7-11-19(12-8-17)32-6-3/h7-14H,4-6,15-16H2,1-3H3,(H,24,29)(H,25,27). The van der Waals surface area contributed by atoms with Gasteiger partial charge in [-0.25, -0.2) is 8.42 Å². The van der Waals surface area contributed by atoms with Gasteiger partial charge in [0.1, 0.15) is 12.3 Å². The summed E-state index contributed by atoms with van der Waals surface area (Å²) in [5.74, 6) is -1.23. The Morgan fingerprint density at radius 3 is 2.09 bits per heavy atom. The molecule has 0 heterocycles. The summed E-state index contributed by atoms with van der Waals surface area (Å²) in [4.78, 5) is 36.1. The van der Waals surface area contributed by atoms with Crippen LogP contribution >= 0.6 is 0 Å². The van der Waals surface area contributed by atoms with E-state index in [9.17, 15) is 22.8 Å². The van der Waals surface area contributed by atoms with Gasteiger partial charge in [0.25, 0.3) is 11.8 Å². The van der Waals surface area contributed by atoms with Crippen LogP contribution < -0.4 is 15.4 Å². The summed E-state index contributed by atoms with van der Waals surface area (Å²) >= 11 is 0. The van der Waals surface area contributed by atoms with Crippen molar-refractivity contribution >= 4 is 33.5 Å². The number of rotatable bonds is 12. The Labute approximate surface area is 199 Å². The number of benzene rings is 2. The van der Waals surface area contributed by atoms with Crippen LogP contribution in [0, 0.1) is 0 Å². The molecule has 0 bridgehead atoms. The van der Waals surface area contributed by atoms with Gasteiger partial charge in [-0.15, -0.1) is 0 Å². The van der Waals surface area contributed by atoms with Crippen molar-refractivity contribution in [2.24, 2.45) is 0 Å². The third-order valence-corrected chi connectivity index (χ3v) is 6.73. The Morgan fingerprint density at radius 1 is 0.912 bits per heavy atom. The fraction of sp³-hybridized carbons (Fsp3) is 0.348. The first-order valence-corrected chi connectivity index (χ1v) is 12.2. The molecule has 0 saturated heterocycles. The van der Waals surface area contributed by atoms with Crippen molar-refractivity contribution in [1.29, 1.82) is 0 Å². The number of esters is 1. The molecule has 0 fully saturated rings. The molecule has 2 aromatic carbocycles. The number of sulfonamides is 1. The van der Waals surface area contributed by atoms with Crippen LogP contribution in [0.4, 0.5) is 5.69 Å². The van der Waals surface area contributed by atoms with Gasteiger partial charge in [-0.1, -0.05) is 13.8 Å². The monoisotopic (exact) mass is 491 g/mol. The molecule has 0 unspecified atom stereocenters. The lowest BCUT2D eigenvalue weighted by molar-refractivity contribution is -0.146. The Bertz CT molecular complexity index is 1080. The van der Waals surface area contributed by atoms with E-state index in [1.165, 1.54) is 28.6 Å². The van der Waals surface area contributed by atoms with E-state index in [1.54, 1.807) is 38.1 Å². The molecular weight excluding hydrogens is 462 g/mol. The molecule has 0 spiro atoms. The molecule has 0 atom stereocenters. The number of carbonyl (C=O) groups is 3. The second-order valence-electron chi connectivity index (χ2n) is 6.96. The first-order valence-electron chi connectivity index (χ1n) is 10.8. The molecule has 184 valence electrons. The highest BCUT2D eigenvalue weighted by atomic mass is 32.2. The average Bonchev–Trinajstić information content (AvgIpc) is 2.83. The third kappa shape index (κ3) is 7.56. The van der Waals surface area contributed by atoms with Gasteiger partial charge in [0.2, 0.25) is 10.0 Å². The number of anilines is 1. The van der Waals surface area contributed by atoms with E-state index < -0.39 is 41.0 Å². The molecule has 2 amide bonds. The summed E-state index contributed by atoms with van der Waals surface area (Å²) in [7, 11) is -3.60. The maximum absolute atomic E-state index is 12.5. The highest BCUT2D eigenvalue weighted by Crippen LogP contribution is 2.18. The molecule has 2 N–H and O–H groups in total. The van der Waals surface area contributed by atoms with Crippen LogP contribution in [-0.2, 0) is 24.3 Å². The smallest absolute Gasteiger partial charge is 0.325 e. The number of hydrogen-bond donors (Lipinski definition) is 2. The van der Waals surface area contributed by atoms with Crippen molar-refractivity contribution in [1.82, 2.24) is 9.62 Å². The van der Waals surface area contributed by atoms with Gasteiger partial charge in [-0.05, 0) is 55.5 Å². The Hall–Kier alpha value is -3.44. The van der Waals surface area contributed by atoms with Gasteiger partial charge >= 0.3 is 5.97 Å². The quantitative estimate of drug-likeness (QED) is 0.434. The SMILES string of the molecule is CCOc1ccc(C(=O)NCC(=O)OCC(=O)Nc2ccc(S(=O)(=O)N(CC)CC)cc2)cc1. The second kappa shape index (κ2) is 12.7. The zero-order valence-electron chi connectivity index (χ0n) is 19.4. The van der Waals surface area contributed by atoms with E-state index >= 15 is 0 Å². The molecule has 0 aliphatic heterocycles. The molecule has 0 saturated carbocycles. The van der Waals surface area contributed by atoms with Gasteiger partial charge in [0.05, 0.1) is 11.5 Å². The van der Waals surface area contributed by atoms with Crippen molar-refractivity contribution in [2.75, 3.05) is 38.2 Å². The van der Waals surface area contributed by atoms with E-state index in [0.29, 0.717) is 36.7 Å². The van der Waals surface area contributed by atoms with Crippen LogP contribution in [0.2, 0.25) is 0 Å². The fourth-order valence-electron chi connectivity index (χ4n) is 2.94. The molecule has 11 heteroatoms. The number of nitrogens with zero attached hydrogens (tertiary/aromatic N) is 1. The molecule has 0 aliphatic carbocycles. The number of ether oxygens (including phenoxy) is 2. The van der Waals surface area contributed by atoms with Gasteiger partial charge < -0.3 is 20.1 Å². The molecule has 10 nitrogen and oxygen atoms in total. The van der Waals surface area contributed by atoms with E-state index in [0.717, 1.165) is 0 Å². The lowest BCUT2D eigenvalue weighted by atomic mass is 10.2. The maximum atomic E-state index is 12.5. The minimum absolute atomic E-state index is 0.115. The number of nitrogens with one attached hydrogen (secondary N) is 2. The molecule has 0 aliphatic rings. The molecular formula is C23H29N3O7S. The van der Waals surface area contributed by atoms with Crippen molar-refractivity contribution in [3.05, 3.63) is 54.1 Å². The predicted octanol–water partition coefficient (Wildman–Crippen LogP) is 2.03. The predicted molar refractivity (Wildman–Crippen MR) is 126 cm³/mol. The minimum Gasteiger partial charge on any atom is -0.494 e. The topological polar surface area (TPSA) is 131 Å². The lowest BCUT2D eigenvalue weighted by Crippen LogP contribution is -2.32. The van der Waals surface area contributed by atoms with Gasteiger partial charge in [0, 0.05) is 24.3 Å². The molecule has 2 rings (SSSR count). The summed E-state index contributed by atoms with van der Waals surface area (Å²) in [5, 5.41) is 4.93. The van der Waals surface area contributed by atoms with Crippen LogP contribution in [-0.4, -0.2) is 63.4 Å². The highest BCUT2D eigenvalue weighted by Gasteiger charge is 2.21. The van der Waals surface area contributed by atoms with Crippen LogP contribution in [0.3, 0.4) is 0 Å². The van der Waals surface area contributed by atoms with Crippen molar-refractivity contribution in [3.63, 3.8) is 0 Å². The Morgan fingerprint density at radius 2 is 1.53 bits per heavy atom. The summed E-state index contributed by atoms with van der Waals surface area (Å²) in [6.45, 7) is 5.60. The van der Waals surface area contributed by atoms with Crippen LogP contribution in [0.1, 0.15) is 31.1 Å². The average molecular weight is 492 g/mol. The highest BCUT2D eigenvalue weighted by molar-refractivity contribution is 7.89. The summed E-state index contributed by atoms with van der Waals surface area (Å²) < 4.78 is 36.5. The first kappa shape index (κ1) is 26.8. The molecule has 34 heavy (non-hydrogen) atoms. The number of hydrogen-bond acceptors (Lipinski definition) is 7.